The zero-order valence-electron chi connectivity index (χ0n) is 9.80. The Kier molecular flexibility index (Phi) is 2.61. The van der Waals surface area contributed by atoms with Gasteiger partial charge in [-0.2, -0.15) is 4.52 Å². The van der Waals surface area contributed by atoms with E-state index in [1.807, 2.05) is 23.7 Å². The molecule has 0 saturated heterocycles. The zero-order chi connectivity index (χ0) is 12.7. The highest BCUT2D eigenvalue weighted by atomic mass is 35.5. The van der Waals surface area contributed by atoms with Crippen molar-refractivity contribution in [2.45, 2.75) is 6.42 Å². The molecule has 3 heterocycles. The summed E-state index contributed by atoms with van der Waals surface area (Å²) in [6.45, 7) is 0.509. The van der Waals surface area contributed by atoms with Crippen molar-refractivity contribution < 1.29 is 4.42 Å². The molecule has 3 aromatic heterocycles. The molecule has 0 radical (unpaired) electrons. The molecule has 0 saturated carbocycles. The molecular formula is C11H12ClN5O. The van der Waals surface area contributed by atoms with Crippen LogP contribution in [0.4, 0.5) is 0 Å². The molecule has 3 rings (SSSR count). The summed E-state index contributed by atoms with van der Waals surface area (Å²) in [5.41, 5.74) is 6.28. The number of hydrogen-bond donors (Lipinski definition) is 1. The predicted octanol–water partition coefficient (Wildman–Crippen LogP) is 1.48. The first-order valence-electron chi connectivity index (χ1n) is 5.56. The molecule has 0 aliphatic carbocycles. The van der Waals surface area contributed by atoms with Gasteiger partial charge >= 0.3 is 0 Å². The van der Waals surface area contributed by atoms with Gasteiger partial charge in [-0.25, -0.2) is 4.98 Å². The predicted molar refractivity (Wildman–Crippen MR) is 67.4 cm³/mol. The highest BCUT2D eigenvalue weighted by Crippen LogP contribution is 2.24. The molecule has 6 nitrogen and oxygen atoms in total. The van der Waals surface area contributed by atoms with Crippen molar-refractivity contribution >= 4 is 17.4 Å². The molecule has 0 atom stereocenters. The number of imidazole rings is 1. The van der Waals surface area contributed by atoms with Gasteiger partial charge in [0.25, 0.3) is 0 Å². The molecule has 0 spiro atoms. The van der Waals surface area contributed by atoms with Crippen molar-refractivity contribution in [3.8, 4) is 11.6 Å². The Bertz CT molecular complexity index is 682. The molecule has 0 aliphatic rings. The van der Waals surface area contributed by atoms with Gasteiger partial charge in [0.1, 0.15) is 0 Å². The van der Waals surface area contributed by atoms with Crippen LogP contribution in [0.2, 0.25) is 5.15 Å². The average molecular weight is 266 g/mol. The molecule has 0 unspecified atom stereocenters. The van der Waals surface area contributed by atoms with Gasteiger partial charge in [-0.3, -0.25) is 4.57 Å². The Morgan fingerprint density at radius 2 is 2.33 bits per heavy atom. The van der Waals surface area contributed by atoms with E-state index in [4.69, 9.17) is 21.8 Å². The number of aromatic nitrogens is 4. The fourth-order valence-electron chi connectivity index (χ4n) is 1.90. The maximum Gasteiger partial charge on any atom is 0.234 e. The van der Waals surface area contributed by atoms with E-state index in [9.17, 15) is 0 Å². The summed E-state index contributed by atoms with van der Waals surface area (Å²) in [6.07, 6.45) is 2.24. The van der Waals surface area contributed by atoms with E-state index in [1.165, 1.54) is 0 Å². The first kappa shape index (κ1) is 11.3. The lowest BCUT2D eigenvalue weighted by Gasteiger charge is -1.96. The first-order valence-corrected chi connectivity index (χ1v) is 5.94. The lowest BCUT2D eigenvalue weighted by Crippen LogP contribution is -2.04. The number of furan rings is 1. The Labute approximate surface area is 108 Å². The fourth-order valence-corrected chi connectivity index (χ4v) is 2.15. The number of fused-ring (bicyclic) bond motifs is 1. The number of hydrogen-bond acceptors (Lipinski definition) is 4. The number of aryl methyl sites for hydroxylation is 1. The van der Waals surface area contributed by atoms with Gasteiger partial charge in [0.15, 0.2) is 16.7 Å². The second-order valence-corrected chi connectivity index (χ2v) is 4.32. The van der Waals surface area contributed by atoms with Crippen molar-refractivity contribution in [1.82, 2.24) is 19.2 Å². The summed E-state index contributed by atoms with van der Waals surface area (Å²) < 4.78 is 8.77. The van der Waals surface area contributed by atoms with Crippen LogP contribution in [0.15, 0.2) is 22.8 Å². The Hall–Kier alpha value is -1.79. The van der Waals surface area contributed by atoms with E-state index in [0.29, 0.717) is 35.5 Å². The van der Waals surface area contributed by atoms with Crippen molar-refractivity contribution in [1.29, 1.82) is 0 Å². The summed E-state index contributed by atoms with van der Waals surface area (Å²) in [6, 6.07) is 3.66. The van der Waals surface area contributed by atoms with Crippen LogP contribution in [0.25, 0.3) is 17.4 Å². The topological polar surface area (TPSA) is 74.3 Å². The maximum absolute atomic E-state index is 6.22. The third kappa shape index (κ3) is 1.53. The molecular weight excluding hydrogens is 254 g/mol. The molecule has 2 N–H and O–H groups in total. The van der Waals surface area contributed by atoms with Gasteiger partial charge in [0, 0.05) is 13.5 Å². The molecule has 0 amide bonds. The lowest BCUT2D eigenvalue weighted by molar-refractivity contribution is 0.573. The van der Waals surface area contributed by atoms with Crippen LogP contribution in [0, 0.1) is 0 Å². The Morgan fingerprint density at radius 1 is 1.50 bits per heavy atom. The van der Waals surface area contributed by atoms with Crippen molar-refractivity contribution in [3.63, 3.8) is 0 Å². The van der Waals surface area contributed by atoms with Crippen LogP contribution in [-0.2, 0) is 13.5 Å². The van der Waals surface area contributed by atoms with Gasteiger partial charge < -0.3 is 10.2 Å². The highest BCUT2D eigenvalue weighted by molar-refractivity contribution is 6.30. The molecule has 94 valence electrons. The monoisotopic (exact) mass is 265 g/mol. The molecule has 3 aromatic rings. The van der Waals surface area contributed by atoms with Gasteiger partial charge in [0.2, 0.25) is 5.78 Å². The standard InChI is InChI=1S/C11H12ClN5O/c1-16-10(8-3-2-6-18-8)15-17-9(12)7(4-5-13)14-11(16)17/h2-3,6H,4-5,13H2,1H3. The van der Waals surface area contributed by atoms with Crippen LogP contribution in [0.1, 0.15) is 5.69 Å². The van der Waals surface area contributed by atoms with Crippen LogP contribution in [0.3, 0.4) is 0 Å². The van der Waals surface area contributed by atoms with Gasteiger partial charge in [0.05, 0.1) is 12.0 Å². The number of rotatable bonds is 3. The quantitative estimate of drug-likeness (QED) is 0.778. The van der Waals surface area contributed by atoms with Crippen molar-refractivity contribution in [2.24, 2.45) is 12.8 Å². The minimum atomic E-state index is 0.504. The molecule has 7 heteroatoms. The lowest BCUT2D eigenvalue weighted by atomic mass is 10.3. The second kappa shape index (κ2) is 4.15. The minimum Gasteiger partial charge on any atom is -0.461 e. The average Bonchev–Trinajstić information content (AvgIpc) is 3.02. The van der Waals surface area contributed by atoms with Gasteiger partial charge in [-0.1, -0.05) is 11.6 Å². The molecule has 18 heavy (non-hydrogen) atoms. The van der Waals surface area contributed by atoms with Crippen molar-refractivity contribution in [3.05, 3.63) is 29.2 Å². The second-order valence-electron chi connectivity index (χ2n) is 3.96. The third-order valence-electron chi connectivity index (χ3n) is 2.78. The van der Waals surface area contributed by atoms with Crippen LogP contribution >= 0.6 is 11.6 Å². The summed E-state index contributed by atoms with van der Waals surface area (Å²) in [4.78, 5) is 4.44. The molecule has 0 bridgehead atoms. The normalized spacial score (nSPS) is 11.5. The van der Waals surface area contributed by atoms with E-state index < -0.39 is 0 Å². The van der Waals surface area contributed by atoms with E-state index in [1.54, 1.807) is 10.8 Å². The van der Waals surface area contributed by atoms with Crippen LogP contribution in [-0.4, -0.2) is 25.7 Å². The van der Waals surface area contributed by atoms with E-state index in [2.05, 4.69) is 10.1 Å². The first-order chi connectivity index (χ1) is 8.72. The Balaban J connectivity index is 2.19. The molecule has 0 fully saturated rings. The number of halogens is 1. The largest absolute Gasteiger partial charge is 0.461 e. The zero-order valence-corrected chi connectivity index (χ0v) is 10.6. The summed E-state index contributed by atoms with van der Waals surface area (Å²) in [5, 5.41) is 4.91. The van der Waals surface area contributed by atoms with Crippen LogP contribution < -0.4 is 5.73 Å². The van der Waals surface area contributed by atoms with Crippen LogP contribution in [0.5, 0.6) is 0 Å². The highest BCUT2D eigenvalue weighted by Gasteiger charge is 2.18. The third-order valence-corrected chi connectivity index (χ3v) is 3.16. The molecule has 0 aliphatic heterocycles. The van der Waals surface area contributed by atoms with Gasteiger partial charge in [-0.05, 0) is 18.7 Å². The smallest absolute Gasteiger partial charge is 0.234 e. The van der Waals surface area contributed by atoms with E-state index >= 15 is 0 Å². The SMILES string of the molecule is Cn1c(-c2ccco2)nn2c(Cl)c(CCN)nc12. The van der Waals surface area contributed by atoms with E-state index in [-0.39, 0.29) is 0 Å². The maximum atomic E-state index is 6.22. The van der Waals surface area contributed by atoms with Gasteiger partial charge in [-0.15, -0.1) is 5.10 Å². The minimum absolute atomic E-state index is 0.504. The summed E-state index contributed by atoms with van der Waals surface area (Å²) in [5.74, 6) is 2.04. The number of nitrogens with two attached hydrogens (primary N) is 1. The summed E-state index contributed by atoms with van der Waals surface area (Å²) in [7, 11) is 1.87. The summed E-state index contributed by atoms with van der Waals surface area (Å²) >= 11 is 6.22. The van der Waals surface area contributed by atoms with E-state index in [0.717, 1.165) is 5.69 Å². The van der Waals surface area contributed by atoms with Crippen molar-refractivity contribution in [2.75, 3.05) is 6.54 Å². The molecule has 0 aromatic carbocycles. The number of nitrogens with zero attached hydrogens (tertiary/aromatic N) is 4. The Morgan fingerprint density at radius 3 is 2.94 bits per heavy atom. The fraction of sp³-hybridized carbons (Fsp3) is 0.273.